The molecule has 0 radical (unpaired) electrons. The van der Waals surface area contributed by atoms with Crippen LogP contribution in [-0.2, 0) is 4.79 Å². The van der Waals surface area contributed by atoms with Crippen LogP contribution in [0.2, 0.25) is 0 Å². The first-order valence-electron chi connectivity index (χ1n) is 9.07. The number of rotatable bonds is 9. The molecular formula is C21H26N2O4S. The molecule has 1 heterocycles. The molecule has 1 aromatic carbocycles. The first kappa shape index (κ1) is 21.5. The van der Waals surface area contributed by atoms with Crippen molar-refractivity contribution in [1.29, 1.82) is 0 Å². The van der Waals surface area contributed by atoms with E-state index in [1.165, 1.54) is 17.4 Å². The standard InChI is InChI=1S/C21H26N2O4S/c1-5-6-11-27-16-9-7-15(12-17(16)26-4)8-10-18(24)23-21-19(20(22)25)13(2)14(3)28-21/h7-10,12H,5-6,11H2,1-4H3,(H2,22,25)(H,23,24)/b10-8+. The van der Waals surface area contributed by atoms with Gasteiger partial charge in [0.2, 0.25) is 5.91 Å². The summed E-state index contributed by atoms with van der Waals surface area (Å²) in [6.45, 7) is 6.43. The van der Waals surface area contributed by atoms with E-state index in [1.54, 1.807) is 19.3 Å². The number of thiophene rings is 1. The molecule has 0 atom stereocenters. The Labute approximate surface area is 169 Å². The predicted octanol–water partition coefficient (Wildman–Crippen LogP) is 4.30. The van der Waals surface area contributed by atoms with Crippen molar-refractivity contribution in [3.63, 3.8) is 0 Å². The zero-order valence-corrected chi connectivity index (χ0v) is 17.4. The highest BCUT2D eigenvalue weighted by Crippen LogP contribution is 2.32. The predicted molar refractivity (Wildman–Crippen MR) is 113 cm³/mol. The summed E-state index contributed by atoms with van der Waals surface area (Å²) in [5.74, 6) is 0.392. The van der Waals surface area contributed by atoms with Gasteiger partial charge in [0.05, 0.1) is 19.3 Å². The quantitative estimate of drug-likeness (QED) is 0.483. The lowest BCUT2D eigenvalue weighted by atomic mass is 10.1. The SMILES string of the molecule is CCCCOc1ccc(/C=C/C(=O)Nc2sc(C)c(C)c2C(N)=O)cc1OC. The van der Waals surface area contributed by atoms with Crippen LogP contribution in [0, 0.1) is 13.8 Å². The topological polar surface area (TPSA) is 90.6 Å². The van der Waals surface area contributed by atoms with E-state index in [2.05, 4.69) is 12.2 Å². The molecule has 2 aromatic rings. The Morgan fingerprint density at radius 3 is 2.64 bits per heavy atom. The molecule has 1 aromatic heterocycles. The van der Waals surface area contributed by atoms with Crippen molar-refractivity contribution in [2.75, 3.05) is 19.0 Å². The van der Waals surface area contributed by atoms with Crippen molar-refractivity contribution in [3.05, 3.63) is 45.8 Å². The van der Waals surface area contributed by atoms with Gasteiger partial charge in [-0.05, 0) is 49.6 Å². The number of nitrogens with two attached hydrogens (primary N) is 1. The fraction of sp³-hybridized carbons (Fsp3) is 0.333. The second-order valence-electron chi connectivity index (χ2n) is 6.29. The van der Waals surface area contributed by atoms with E-state index in [4.69, 9.17) is 15.2 Å². The Hall–Kier alpha value is -2.80. The van der Waals surface area contributed by atoms with Crippen LogP contribution in [0.4, 0.5) is 5.00 Å². The fourth-order valence-electron chi connectivity index (χ4n) is 2.57. The monoisotopic (exact) mass is 402 g/mol. The van der Waals surface area contributed by atoms with Gasteiger partial charge in [-0.2, -0.15) is 0 Å². The summed E-state index contributed by atoms with van der Waals surface area (Å²) in [7, 11) is 1.58. The van der Waals surface area contributed by atoms with Crippen molar-refractivity contribution >= 4 is 34.2 Å². The molecule has 0 saturated carbocycles. The molecule has 7 heteroatoms. The summed E-state index contributed by atoms with van der Waals surface area (Å²) in [6.07, 6.45) is 5.10. The second-order valence-corrected chi connectivity index (χ2v) is 7.51. The molecule has 2 rings (SSSR count). The third kappa shape index (κ3) is 5.36. The maximum absolute atomic E-state index is 12.3. The van der Waals surface area contributed by atoms with Crippen molar-refractivity contribution in [3.8, 4) is 11.5 Å². The first-order valence-corrected chi connectivity index (χ1v) is 9.88. The molecule has 0 unspecified atom stereocenters. The van der Waals surface area contributed by atoms with Gasteiger partial charge in [0, 0.05) is 11.0 Å². The number of unbranched alkanes of at least 4 members (excludes halogenated alkanes) is 1. The molecule has 0 aliphatic carbocycles. The Morgan fingerprint density at radius 1 is 1.25 bits per heavy atom. The van der Waals surface area contributed by atoms with Crippen molar-refractivity contribution in [2.24, 2.45) is 5.73 Å². The number of hydrogen-bond acceptors (Lipinski definition) is 5. The van der Waals surface area contributed by atoms with Gasteiger partial charge >= 0.3 is 0 Å². The number of anilines is 1. The van der Waals surface area contributed by atoms with Crippen LogP contribution in [-0.4, -0.2) is 25.5 Å². The van der Waals surface area contributed by atoms with Crippen LogP contribution in [0.3, 0.4) is 0 Å². The van der Waals surface area contributed by atoms with Gasteiger partial charge in [0.25, 0.3) is 5.91 Å². The van der Waals surface area contributed by atoms with E-state index in [1.807, 2.05) is 26.0 Å². The van der Waals surface area contributed by atoms with E-state index in [0.717, 1.165) is 28.8 Å². The van der Waals surface area contributed by atoms with Crippen LogP contribution in [0.5, 0.6) is 11.5 Å². The smallest absolute Gasteiger partial charge is 0.251 e. The van der Waals surface area contributed by atoms with Crippen LogP contribution >= 0.6 is 11.3 Å². The summed E-state index contributed by atoms with van der Waals surface area (Å²) < 4.78 is 11.1. The number of amides is 2. The second kappa shape index (κ2) is 9.94. The normalized spacial score (nSPS) is 10.9. The van der Waals surface area contributed by atoms with E-state index < -0.39 is 5.91 Å². The number of methoxy groups -OCH3 is 1. The third-order valence-corrected chi connectivity index (χ3v) is 5.36. The molecule has 2 amide bonds. The summed E-state index contributed by atoms with van der Waals surface area (Å²) in [6, 6.07) is 5.48. The number of hydrogen-bond donors (Lipinski definition) is 2. The van der Waals surface area contributed by atoms with E-state index in [-0.39, 0.29) is 5.91 Å². The fourth-order valence-corrected chi connectivity index (χ4v) is 3.64. The molecular weight excluding hydrogens is 376 g/mol. The number of ether oxygens (including phenoxy) is 2. The van der Waals surface area contributed by atoms with Crippen LogP contribution in [0.25, 0.3) is 6.08 Å². The number of aryl methyl sites for hydroxylation is 1. The van der Waals surface area contributed by atoms with Crippen LogP contribution < -0.4 is 20.5 Å². The maximum Gasteiger partial charge on any atom is 0.251 e. The minimum atomic E-state index is -0.551. The van der Waals surface area contributed by atoms with Gasteiger partial charge in [0.1, 0.15) is 5.00 Å². The molecule has 0 aliphatic heterocycles. The molecule has 0 fully saturated rings. The molecule has 0 bridgehead atoms. The Bertz CT molecular complexity index is 887. The molecule has 0 saturated heterocycles. The maximum atomic E-state index is 12.3. The van der Waals surface area contributed by atoms with Crippen molar-refractivity contribution in [1.82, 2.24) is 0 Å². The average molecular weight is 403 g/mol. The summed E-state index contributed by atoms with van der Waals surface area (Å²) in [4.78, 5) is 24.9. The molecule has 0 aliphatic rings. The lowest BCUT2D eigenvalue weighted by Crippen LogP contribution is -2.16. The highest BCUT2D eigenvalue weighted by Gasteiger charge is 2.18. The molecule has 6 nitrogen and oxygen atoms in total. The van der Waals surface area contributed by atoms with E-state index in [9.17, 15) is 9.59 Å². The largest absolute Gasteiger partial charge is 0.493 e. The van der Waals surface area contributed by atoms with E-state index >= 15 is 0 Å². The van der Waals surface area contributed by atoms with Gasteiger partial charge in [-0.1, -0.05) is 19.4 Å². The third-order valence-electron chi connectivity index (χ3n) is 4.24. The highest BCUT2D eigenvalue weighted by molar-refractivity contribution is 7.16. The molecule has 150 valence electrons. The van der Waals surface area contributed by atoms with Crippen molar-refractivity contribution < 1.29 is 19.1 Å². The minimum Gasteiger partial charge on any atom is -0.493 e. The molecule has 3 N–H and O–H groups in total. The Balaban J connectivity index is 2.10. The summed E-state index contributed by atoms with van der Waals surface area (Å²) >= 11 is 1.33. The number of carbonyl (C=O) groups excluding carboxylic acids is 2. The summed E-state index contributed by atoms with van der Waals surface area (Å²) in [5, 5.41) is 3.20. The number of carbonyl (C=O) groups is 2. The lowest BCUT2D eigenvalue weighted by Gasteiger charge is -2.10. The number of benzene rings is 1. The van der Waals surface area contributed by atoms with Gasteiger partial charge in [-0.15, -0.1) is 11.3 Å². The van der Waals surface area contributed by atoms with Gasteiger partial charge in [-0.3, -0.25) is 9.59 Å². The minimum absolute atomic E-state index is 0.342. The van der Waals surface area contributed by atoms with Crippen LogP contribution in [0.15, 0.2) is 24.3 Å². The Morgan fingerprint density at radius 2 is 2.00 bits per heavy atom. The zero-order chi connectivity index (χ0) is 20.7. The Kier molecular flexibility index (Phi) is 7.63. The van der Waals surface area contributed by atoms with Gasteiger partial charge in [0.15, 0.2) is 11.5 Å². The van der Waals surface area contributed by atoms with Crippen molar-refractivity contribution in [2.45, 2.75) is 33.6 Å². The average Bonchev–Trinajstić information content (AvgIpc) is 2.94. The van der Waals surface area contributed by atoms with Gasteiger partial charge < -0.3 is 20.5 Å². The summed E-state index contributed by atoms with van der Waals surface area (Å²) in [5.41, 5.74) is 7.38. The number of nitrogens with one attached hydrogen (secondary N) is 1. The lowest BCUT2D eigenvalue weighted by molar-refractivity contribution is -0.111. The van der Waals surface area contributed by atoms with Crippen LogP contribution in [0.1, 0.15) is 46.1 Å². The zero-order valence-electron chi connectivity index (χ0n) is 16.6. The first-order chi connectivity index (χ1) is 13.4. The van der Waals surface area contributed by atoms with E-state index in [0.29, 0.717) is 28.7 Å². The van der Waals surface area contributed by atoms with Gasteiger partial charge in [-0.25, -0.2) is 0 Å². The molecule has 0 spiro atoms. The number of primary amides is 1. The molecule has 28 heavy (non-hydrogen) atoms. The highest BCUT2D eigenvalue weighted by atomic mass is 32.1.